The van der Waals surface area contributed by atoms with E-state index in [-0.39, 0.29) is 11.8 Å². The van der Waals surface area contributed by atoms with E-state index >= 15 is 0 Å². The first kappa shape index (κ1) is 14.6. The van der Waals surface area contributed by atoms with Crippen LogP contribution in [0.2, 0.25) is 0 Å². The molecule has 3 rings (SSSR count). The molecule has 1 aliphatic rings. The minimum atomic E-state index is -0.221. The molecule has 1 aromatic carbocycles. The first-order valence-corrected chi connectivity index (χ1v) is 7.54. The maximum Gasteiger partial charge on any atom is 0.231 e. The van der Waals surface area contributed by atoms with Crippen LogP contribution in [0.3, 0.4) is 0 Å². The minimum Gasteiger partial charge on any atom is -0.492 e. The second-order valence-corrected chi connectivity index (χ2v) is 5.73. The van der Waals surface area contributed by atoms with Crippen LogP contribution in [0.1, 0.15) is 37.1 Å². The highest BCUT2D eigenvalue weighted by atomic mass is 16.5. The topological polar surface area (TPSA) is 69.0 Å². The highest BCUT2D eigenvalue weighted by Crippen LogP contribution is 2.33. The Morgan fingerprint density at radius 1 is 1.45 bits per heavy atom. The average molecular weight is 300 g/mol. The molecule has 116 valence electrons. The highest BCUT2D eigenvalue weighted by Gasteiger charge is 2.29. The molecular formula is C16H20N4O2. The number of rotatable bonds is 5. The predicted octanol–water partition coefficient (Wildman–Crippen LogP) is 1.69. The molecule has 0 spiro atoms. The van der Waals surface area contributed by atoms with E-state index in [9.17, 15) is 4.79 Å². The third-order valence-electron chi connectivity index (χ3n) is 3.83. The highest BCUT2D eigenvalue weighted by molar-refractivity contribution is 5.85. The first-order chi connectivity index (χ1) is 10.7. The van der Waals surface area contributed by atoms with Gasteiger partial charge in [0, 0.05) is 24.6 Å². The molecule has 6 heteroatoms. The number of nitrogens with one attached hydrogen (secondary N) is 1. The van der Waals surface area contributed by atoms with Gasteiger partial charge in [0.1, 0.15) is 30.4 Å². The Hall–Kier alpha value is -2.37. The third-order valence-corrected chi connectivity index (χ3v) is 3.83. The Morgan fingerprint density at radius 2 is 2.27 bits per heavy atom. The van der Waals surface area contributed by atoms with E-state index in [1.165, 1.54) is 0 Å². The zero-order chi connectivity index (χ0) is 15.5. The molecule has 1 amide bonds. The standard InChI is InChI=1S/C16H20N4O2/c1-11(2)15-19-18-10-20(15)8-7-17-16(21)13-9-22-14-6-4-3-5-12(13)14/h3-6,10-11,13H,7-9H2,1-2H3,(H,17,21)/t13-/m1/s1. The largest absolute Gasteiger partial charge is 0.492 e. The van der Waals surface area contributed by atoms with E-state index in [2.05, 4.69) is 29.4 Å². The Morgan fingerprint density at radius 3 is 3.09 bits per heavy atom. The second-order valence-electron chi connectivity index (χ2n) is 5.73. The number of fused-ring (bicyclic) bond motifs is 1. The fourth-order valence-corrected chi connectivity index (χ4v) is 2.69. The van der Waals surface area contributed by atoms with Gasteiger partial charge in [-0.05, 0) is 6.07 Å². The summed E-state index contributed by atoms with van der Waals surface area (Å²) in [6.45, 7) is 5.78. The number of hydrogen-bond acceptors (Lipinski definition) is 4. The molecule has 0 fully saturated rings. The van der Waals surface area contributed by atoms with Crippen molar-refractivity contribution < 1.29 is 9.53 Å². The molecule has 1 aromatic heterocycles. The minimum absolute atomic E-state index is 0.00382. The lowest BCUT2D eigenvalue weighted by Gasteiger charge is -2.12. The first-order valence-electron chi connectivity index (χ1n) is 7.54. The van der Waals surface area contributed by atoms with Crippen molar-refractivity contribution in [1.82, 2.24) is 20.1 Å². The summed E-state index contributed by atoms with van der Waals surface area (Å²) >= 11 is 0. The Labute approximate surface area is 129 Å². The van der Waals surface area contributed by atoms with E-state index in [0.717, 1.165) is 17.1 Å². The molecule has 0 unspecified atom stereocenters. The van der Waals surface area contributed by atoms with Crippen molar-refractivity contribution in [3.05, 3.63) is 42.0 Å². The van der Waals surface area contributed by atoms with Gasteiger partial charge in [-0.1, -0.05) is 32.0 Å². The number of benzene rings is 1. The van der Waals surface area contributed by atoms with Gasteiger partial charge in [-0.15, -0.1) is 10.2 Å². The zero-order valence-corrected chi connectivity index (χ0v) is 12.8. The lowest BCUT2D eigenvalue weighted by atomic mass is 10.0. The number of carbonyl (C=O) groups is 1. The molecule has 0 saturated carbocycles. The number of hydrogen-bond donors (Lipinski definition) is 1. The van der Waals surface area contributed by atoms with Gasteiger partial charge in [-0.25, -0.2) is 0 Å². The molecular weight excluding hydrogens is 280 g/mol. The molecule has 1 aliphatic heterocycles. The van der Waals surface area contributed by atoms with Crippen molar-refractivity contribution in [1.29, 1.82) is 0 Å². The number of amides is 1. The van der Waals surface area contributed by atoms with Crippen molar-refractivity contribution in [2.45, 2.75) is 32.2 Å². The van der Waals surface area contributed by atoms with Crippen LogP contribution in [-0.4, -0.2) is 33.8 Å². The summed E-state index contributed by atoms with van der Waals surface area (Å²) < 4.78 is 7.53. The summed E-state index contributed by atoms with van der Waals surface area (Å²) in [4.78, 5) is 12.3. The summed E-state index contributed by atoms with van der Waals surface area (Å²) in [5.74, 6) is 1.84. The molecule has 0 saturated heterocycles. The molecule has 2 heterocycles. The van der Waals surface area contributed by atoms with Crippen LogP contribution in [0.5, 0.6) is 5.75 Å². The van der Waals surface area contributed by atoms with E-state index < -0.39 is 0 Å². The van der Waals surface area contributed by atoms with Crippen LogP contribution < -0.4 is 10.1 Å². The monoisotopic (exact) mass is 300 g/mol. The van der Waals surface area contributed by atoms with Crippen LogP contribution in [-0.2, 0) is 11.3 Å². The zero-order valence-electron chi connectivity index (χ0n) is 12.8. The molecule has 22 heavy (non-hydrogen) atoms. The molecule has 2 aromatic rings. The van der Waals surface area contributed by atoms with E-state index in [1.54, 1.807) is 6.33 Å². The van der Waals surface area contributed by atoms with Crippen molar-refractivity contribution in [2.75, 3.05) is 13.2 Å². The summed E-state index contributed by atoms with van der Waals surface area (Å²) in [5.41, 5.74) is 0.965. The summed E-state index contributed by atoms with van der Waals surface area (Å²) in [7, 11) is 0. The normalized spacial score (nSPS) is 16.4. The Balaban J connectivity index is 1.56. The van der Waals surface area contributed by atoms with E-state index in [0.29, 0.717) is 25.6 Å². The lowest BCUT2D eigenvalue weighted by Crippen LogP contribution is -2.32. The van der Waals surface area contributed by atoms with Crippen molar-refractivity contribution in [2.24, 2.45) is 0 Å². The lowest BCUT2D eigenvalue weighted by molar-refractivity contribution is -0.122. The van der Waals surface area contributed by atoms with E-state index in [4.69, 9.17) is 4.74 Å². The summed E-state index contributed by atoms with van der Waals surface area (Å²) in [6.07, 6.45) is 1.70. The van der Waals surface area contributed by atoms with Gasteiger partial charge >= 0.3 is 0 Å². The quantitative estimate of drug-likeness (QED) is 0.912. The average Bonchev–Trinajstić information content (AvgIpc) is 3.13. The van der Waals surface area contributed by atoms with E-state index in [1.807, 2.05) is 28.8 Å². The van der Waals surface area contributed by atoms with Gasteiger partial charge < -0.3 is 14.6 Å². The summed E-state index contributed by atoms with van der Waals surface area (Å²) in [6, 6.07) is 7.69. The van der Waals surface area contributed by atoms with Crippen molar-refractivity contribution in [3.8, 4) is 5.75 Å². The molecule has 1 atom stereocenters. The van der Waals surface area contributed by atoms with Crippen LogP contribution in [0.4, 0.5) is 0 Å². The number of ether oxygens (including phenoxy) is 1. The van der Waals surface area contributed by atoms with Gasteiger partial charge in [-0.3, -0.25) is 4.79 Å². The van der Waals surface area contributed by atoms with Gasteiger partial charge in [-0.2, -0.15) is 0 Å². The summed E-state index contributed by atoms with van der Waals surface area (Å²) in [5, 5.41) is 11.0. The SMILES string of the molecule is CC(C)c1nncn1CCNC(=O)[C@@H]1COc2ccccc21. The van der Waals surface area contributed by atoms with Crippen LogP contribution in [0, 0.1) is 0 Å². The van der Waals surface area contributed by atoms with Gasteiger partial charge in [0.25, 0.3) is 0 Å². The number of carbonyl (C=O) groups excluding carboxylic acids is 1. The van der Waals surface area contributed by atoms with Crippen LogP contribution >= 0.6 is 0 Å². The smallest absolute Gasteiger partial charge is 0.231 e. The van der Waals surface area contributed by atoms with Gasteiger partial charge in [0.15, 0.2) is 0 Å². The Bertz CT molecular complexity index is 666. The number of aromatic nitrogens is 3. The van der Waals surface area contributed by atoms with Crippen LogP contribution in [0.15, 0.2) is 30.6 Å². The maximum atomic E-state index is 12.3. The molecule has 0 aliphatic carbocycles. The molecule has 0 radical (unpaired) electrons. The molecule has 1 N–H and O–H groups in total. The van der Waals surface area contributed by atoms with Crippen molar-refractivity contribution >= 4 is 5.91 Å². The van der Waals surface area contributed by atoms with Crippen LogP contribution in [0.25, 0.3) is 0 Å². The second kappa shape index (κ2) is 6.17. The third kappa shape index (κ3) is 2.81. The predicted molar refractivity (Wildman–Crippen MR) is 81.8 cm³/mol. The fraction of sp³-hybridized carbons (Fsp3) is 0.438. The van der Waals surface area contributed by atoms with Crippen molar-refractivity contribution in [3.63, 3.8) is 0 Å². The van der Waals surface area contributed by atoms with Gasteiger partial charge in [0.2, 0.25) is 5.91 Å². The number of nitrogens with zero attached hydrogens (tertiary/aromatic N) is 3. The molecule has 0 bridgehead atoms. The number of para-hydroxylation sites is 1. The Kier molecular flexibility index (Phi) is 4.09. The fourth-order valence-electron chi connectivity index (χ4n) is 2.69. The van der Waals surface area contributed by atoms with Gasteiger partial charge in [0.05, 0.1) is 0 Å². The maximum absolute atomic E-state index is 12.3. The molecule has 6 nitrogen and oxygen atoms in total.